The minimum atomic E-state index is 0.363. The second-order valence-electron chi connectivity index (χ2n) is 3.93. The fourth-order valence-corrected chi connectivity index (χ4v) is 3.57. The van der Waals surface area contributed by atoms with Crippen LogP contribution < -0.4 is 5.32 Å². The average molecular weight is 251 g/mol. The number of hydrogen-bond donors (Lipinski definition) is 1. The highest BCUT2D eigenvalue weighted by Crippen LogP contribution is 2.31. The Labute approximate surface area is 105 Å². The zero-order valence-electron chi connectivity index (χ0n) is 9.91. The summed E-state index contributed by atoms with van der Waals surface area (Å²) in [5.74, 6) is 0. The molecule has 2 aromatic rings. The molecule has 16 heavy (non-hydrogen) atoms. The number of aryl methyl sites for hydroxylation is 2. The van der Waals surface area contributed by atoms with Crippen LogP contribution in [0.5, 0.6) is 0 Å². The third-order valence-electron chi connectivity index (χ3n) is 2.82. The van der Waals surface area contributed by atoms with Gasteiger partial charge in [0, 0.05) is 4.88 Å². The summed E-state index contributed by atoms with van der Waals surface area (Å²) in [5, 5.41) is 10.2. The van der Waals surface area contributed by atoms with E-state index < -0.39 is 0 Å². The van der Waals surface area contributed by atoms with E-state index in [1.165, 1.54) is 21.6 Å². The number of hydrogen-bond acceptors (Lipinski definition) is 3. The van der Waals surface area contributed by atoms with Crippen LogP contribution in [0.1, 0.15) is 34.5 Å². The minimum Gasteiger partial charge on any atom is -0.306 e. The summed E-state index contributed by atoms with van der Waals surface area (Å²) in [7, 11) is 0. The second kappa shape index (κ2) is 5.13. The molecular formula is C13H17NS2. The predicted molar refractivity (Wildman–Crippen MR) is 73.6 cm³/mol. The van der Waals surface area contributed by atoms with E-state index in [0.717, 1.165) is 6.54 Å². The van der Waals surface area contributed by atoms with Crippen LogP contribution >= 0.6 is 22.7 Å². The van der Waals surface area contributed by atoms with Crippen LogP contribution in [0.3, 0.4) is 0 Å². The summed E-state index contributed by atoms with van der Waals surface area (Å²) in [6, 6.07) is 2.60. The van der Waals surface area contributed by atoms with Gasteiger partial charge in [0.15, 0.2) is 0 Å². The summed E-state index contributed by atoms with van der Waals surface area (Å²) >= 11 is 3.61. The fraction of sp³-hybridized carbons (Fsp3) is 0.385. The molecule has 0 saturated heterocycles. The van der Waals surface area contributed by atoms with Gasteiger partial charge in [-0.2, -0.15) is 11.3 Å². The van der Waals surface area contributed by atoms with E-state index in [9.17, 15) is 0 Å². The molecule has 0 fully saturated rings. The Morgan fingerprint density at radius 3 is 2.56 bits per heavy atom. The summed E-state index contributed by atoms with van der Waals surface area (Å²) in [5.41, 5.74) is 4.24. The van der Waals surface area contributed by atoms with Crippen LogP contribution in [-0.4, -0.2) is 6.54 Å². The zero-order chi connectivity index (χ0) is 11.5. The molecule has 1 N–H and O–H groups in total. The normalized spacial score (nSPS) is 12.9. The molecule has 1 unspecified atom stereocenters. The van der Waals surface area contributed by atoms with E-state index in [2.05, 4.69) is 48.3 Å². The molecule has 0 aliphatic heterocycles. The first-order valence-corrected chi connectivity index (χ1v) is 7.36. The summed E-state index contributed by atoms with van der Waals surface area (Å²) in [6.45, 7) is 7.55. The van der Waals surface area contributed by atoms with E-state index in [0.29, 0.717) is 6.04 Å². The smallest absolute Gasteiger partial charge is 0.0598 e. The van der Waals surface area contributed by atoms with E-state index in [-0.39, 0.29) is 0 Å². The van der Waals surface area contributed by atoms with Crippen molar-refractivity contribution in [2.45, 2.75) is 26.8 Å². The lowest BCUT2D eigenvalue weighted by molar-refractivity contribution is 0.629. The van der Waals surface area contributed by atoms with Crippen molar-refractivity contribution in [1.29, 1.82) is 0 Å². The van der Waals surface area contributed by atoms with Crippen LogP contribution in [0.4, 0.5) is 0 Å². The maximum atomic E-state index is 3.58. The van der Waals surface area contributed by atoms with Gasteiger partial charge in [-0.3, -0.25) is 0 Å². The van der Waals surface area contributed by atoms with Crippen LogP contribution in [0, 0.1) is 13.8 Å². The molecular weight excluding hydrogens is 234 g/mol. The van der Waals surface area contributed by atoms with Gasteiger partial charge in [0.25, 0.3) is 0 Å². The average Bonchev–Trinajstić information content (AvgIpc) is 2.84. The molecule has 0 aromatic carbocycles. The monoisotopic (exact) mass is 251 g/mol. The number of nitrogens with one attached hydrogen (secondary N) is 1. The van der Waals surface area contributed by atoms with Crippen molar-refractivity contribution in [1.82, 2.24) is 5.32 Å². The molecule has 1 nitrogen and oxygen atoms in total. The molecule has 0 aliphatic carbocycles. The molecule has 86 valence electrons. The maximum absolute atomic E-state index is 3.58. The molecule has 2 aromatic heterocycles. The lowest BCUT2D eigenvalue weighted by atomic mass is 9.99. The van der Waals surface area contributed by atoms with Crippen molar-refractivity contribution >= 4 is 22.7 Å². The fourth-order valence-electron chi connectivity index (χ4n) is 1.95. The van der Waals surface area contributed by atoms with E-state index in [1.807, 2.05) is 11.3 Å². The Morgan fingerprint density at radius 1 is 1.25 bits per heavy atom. The summed E-state index contributed by atoms with van der Waals surface area (Å²) < 4.78 is 0. The Balaban J connectivity index is 2.39. The van der Waals surface area contributed by atoms with Gasteiger partial charge in [-0.05, 0) is 59.3 Å². The van der Waals surface area contributed by atoms with Crippen LogP contribution in [0.2, 0.25) is 0 Å². The van der Waals surface area contributed by atoms with Crippen molar-refractivity contribution in [2.75, 3.05) is 6.54 Å². The highest BCUT2D eigenvalue weighted by molar-refractivity contribution is 7.10. The summed E-state index contributed by atoms with van der Waals surface area (Å²) in [4.78, 5) is 1.41. The molecule has 0 amide bonds. The van der Waals surface area contributed by atoms with E-state index in [1.54, 1.807) is 11.3 Å². The molecule has 2 heterocycles. The van der Waals surface area contributed by atoms with Gasteiger partial charge in [-0.25, -0.2) is 0 Å². The topological polar surface area (TPSA) is 12.0 Å². The van der Waals surface area contributed by atoms with Gasteiger partial charge in [0.2, 0.25) is 0 Å². The van der Waals surface area contributed by atoms with Gasteiger partial charge < -0.3 is 5.32 Å². The molecule has 1 atom stereocenters. The van der Waals surface area contributed by atoms with Gasteiger partial charge >= 0.3 is 0 Å². The molecule has 2 rings (SSSR count). The van der Waals surface area contributed by atoms with Crippen LogP contribution in [0.15, 0.2) is 22.2 Å². The van der Waals surface area contributed by atoms with E-state index >= 15 is 0 Å². The Kier molecular flexibility index (Phi) is 3.79. The highest BCUT2D eigenvalue weighted by Gasteiger charge is 2.18. The lowest BCUT2D eigenvalue weighted by Crippen LogP contribution is -2.22. The number of thiophene rings is 2. The van der Waals surface area contributed by atoms with Gasteiger partial charge in [0.1, 0.15) is 0 Å². The van der Waals surface area contributed by atoms with Crippen molar-refractivity contribution in [3.63, 3.8) is 0 Å². The highest BCUT2D eigenvalue weighted by atomic mass is 32.1. The van der Waals surface area contributed by atoms with Crippen molar-refractivity contribution in [2.24, 2.45) is 0 Å². The van der Waals surface area contributed by atoms with Gasteiger partial charge in [0.05, 0.1) is 6.04 Å². The van der Waals surface area contributed by atoms with Crippen molar-refractivity contribution < 1.29 is 0 Å². The van der Waals surface area contributed by atoms with Crippen molar-refractivity contribution in [3.05, 3.63) is 43.8 Å². The Morgan fingerprint density at radius 2 is 2.06 bits per heavy atom. The van der Waals surface area contributed by atoms with Gasteiger partial charge in [-0.1, -0.05) is 6.92 Å². The molecule has 0 spiro atoms. The van der Waals surface area contributed by atoms with E-state index in [4.69, 9.17) is 0 Å². The third-order valence-corrected chi connectivity index (χ3v) is 4.57. The molecule has 0 saturated carbocycles. The Hall–Kier alpha value is -0.640. The Bertz CT molecular complexity index is 416. The maximum Gasteiger partial charge on any atom is 0.0598 e. The first-order valence-electron chi connectivity index (χ1n) is 5.54. The largest absolute Gasteiger partial charge is 0.306 e. The molecule has 0 bridgehead atoms. The minimum absolute atomic E-state index is 0.363. The van der Waals surface area contributed by atoms with Gasteiger partial charge in [-0.15, -0.1) is 11.3 Å². The molecule has 0 aliphatic rings. The van der Waals surface area contributed by atoms with Crippen molar-refractivity contribution in [3.8, 4) is 0 Å². The van der Waals surface area contributed by atoms with Crippen LogP contribution in [-0.2, 0) is 0 Å². The SMILES string of the molecule is CCNC(c1cscc1C)c1ccsc1C. The van der Waals surface area contributed by atoms with Crippen LogP contribution in [0.25, 0.3) is 0 Å². The molecule has 0 radical (unpaired) electrons. The zero-order valence-corrected chi connectivity index (χ0v) is 11.5. The predicted octanol–water partition coefficient (Wildman–Crippen LogP) is 4.13. The third kappa shape index (κ3) is 2.21. The standard InChI is InChI=1S/C13H17NS2/c1-4-14-13(11-5-6-16-10(11)3)12-8-15-7-9(12)2/h5-8,13-14H,4H2,1-3H3. The number of rotatable bonds is 4. The lowest BCUT2D eigenvalue weighted by Gasteiger charge is -2.18. The first-order chi connectivity index (χ1) is 7.74. The quantitative estimate of drug-likeness (QED) is 0.861. The second-order valence-corrected chi connectivity index (χ2v) is 5.80. The summed E-state index contributed by atoms with van der Waals surface area (Å²) in [6.07, 6.45) is 0. The first kappa shape index (κ1) is 11.8. The molecule has 3 heteroatoms.